The van der Waals surface area contributed by atoms with E-state index in [9.17, 15) is 23.9 Å². The van der Waals surface area contributed by atoms with Gasteiger partial charge in [-0.3, -0.25) is 9.59 Å². The summed E-state index contributed by atoms with van der Waals surface area (Å²) in [6, 6.07) is 4.36. The number of fused-ring (bicyclic) bond motifs is 1. The van der Waals surface area contributed by atoms with Crippen LogP contribution in [-0.4, -0.2) is 46.9 Å². The van der Waals surface area contributed by atoms with Gasteiger partial charge in [0.1, 0.15) is 11.9 Å². The van der Waals surface area contributed by atoms with Crippen LogP contribution in [0.3, 0.4) is 0 Å². The van der Waals surface area contributed by atoms with Crippen LogP contribution in [0.2, 0.25) is 0 Å². The Morgan fingerprint density at radius 2 is 2.08 bits per heavy atom. The van der Waals surface area contributed by atoms with Crippen LogP contribution < -0.4 is 5.32 Å². The summed E-state index contributed by atoms with van der Waals surface area (Å²) in [6.45, 7) is 0.134. The Labute approximate surface area is 138 Å². The maximum atomic E-state index is 13.1. The SMILES string of the molecule is O=C(NCC(=O)N1CC2CCCC2C1C(=O)O)c1cccc(F)c1. The van der Waals surface area contributed by atoms with E-state index in [1.165, 1.54) is 23.1 Å². The molecule has 2 N–H and O–H groups in total. The molecule has 0 bridgehead atoms. The van der Waals surface area contributed by atoms with Gasteiger partial charge in [-0.2, -0.15) is 0 Å². The van der Waals surface area contributed by atoms with Gasteiger partial charge >= 0.3 is 5.97 Å². The highest BCUT2D eigenvalue weighted by Gasteiger charge is 2.49. The first kappa shape index (κ1) is 16.4. The minimum absolute atomic E-state index is 0.00497. The van der Waals surface area contributed by atoms with E-state index in [2.05, 4.69) is 5.32 Å². The monoisotopic (exact) mass is 334 g/mol. The molecule has 3 rings (SSSR count). The molecule has 2 aliphatic rings. The van der Waals surface area contributed by atoms with Crippen molar-refractivity contribution in [3.05, 3.63) is 35.6 Å². The van der Waals surface area contributed by atoms with Crippen molar-refractivity contribution in [2.24, 2.45) is 11.8 Å². The lowest BCUT2D eigenvalue weighted by Gasteiger charge is -2.24. The molecule has 2 amide bonds. The van der Waals surface area contributed by atoms with Gasteiger partial charge in [-0.15, -0.1) is 0 Å². The van der Waals surface area contributed by atoms with Crippen LogP contribution in [-0.2, 0) is 9.59 Å². The summed E-state index contributed by atoms with van der Waals surface area (Å²) in [6.07, 6.45) is 2.76. The molecule has 1 aliphatic heterocycles. The molecule has 24 heavy (non-hydrogen) atoms. The van der Waals surface area contributed by atoms with Gasteiger partial charge in [0.25, 0.3) is 5.91 Å². The number of likely N-dealkylation sites (tertiary alicyclic amines) is 1. The van der Waals surface area contributed by atoms with Crippen molar-refractivity contribution in [3.8, 4) is 0 Å². The minimum Gasteiger partial charge on any atom is -0.480 e. The number of carboxylic acid groups (broad SMARTS) is 1. The Hall–Kier alpha value is -2.44. The van der Waals surface area contributed by atoms with Gasteiger partial charge in [-0.05, 0) is 42.9 Å². The smallest absolute Gasteiger partial charge is 0.326 e. The standard InChI is InChI=1S/C17H19FN2O4/c18-12-5-1-3-10(7-12)16(22)19-8-14(21)20-9-11-4-2-6-13(11)15(20)17(23)24/h1,3,5,7,11,13,15H,2,4,6,8-9H2,(H,19,22)(H,23,24). The van der Waals surface area contributed by atoms with Gasteiger partial charge in [0.2, 0.25) is 5.91 Å². The minimum atomic E-state index is -0.991. The largest absolute Gasteiger partial charge is 0.480 e. The van der Waals surface area contributed by atoms with Gasteiger partial charge < -0.3 is 15.3 Å². The number of nitrogens with zero attached hydrogens (tertiary/aromatic N) is 1. The molecule has 1 saturated carbocycles. The zero-order valence-corrected chi connectivity index (χ0v) is 13.1. The highest BCUT2D eigenvalue weighted by molar-refractivity contribution is 5.97. The number of aliphatic carboxylic acids is 1. The average Bonchev–Trinajstić information content (AvgIpc) is 3.12. The maximum Gasteiger partial charge on any atom is 0.326 e. The zero-order valence-electron chi connectivity index (χ0n) is 13.1. The summed E-state index contributed by atoms with van der Waals surface area (Å²) in [4.78, 5) is 37.2. The van der Waals surface area contributed by atoms with Crippen molar-refractivity contribution >= 4 is 17.8 Å². The van der Waals surface area contributed by atoms with Crippen molar-refractivity contribution in [3.63, 3.8) is 0 Å². The molecule has 2 fully saturated rings. The molecule has 1 heterocycles. The van der Waals surface area contributed by atoms with Crippen molar-refractivity contribution < 1.29 is 23.9 Å². The van der Waals surface area contributed by atoms with Crippen molar-refractivity contribution in [2.45, 2.75) is 25.3 Å². The van der Waals surface area contributed by atoms with Crippen molar-refractivity contribution in [1.82, 2.24) is 10.2 Å². The molecular weight excluding hydrogens is 315 g/mol. The normalized spacial score (nSPS) is 25.4. The second kappa shape index (κ2) is 6.59. The molecule has 3 unspecified atom stereocenters. The molecule has 1 aliphatic carbocycles. The molecular formula is C17H19FN2O4. The van der Waals surface area contributed by atoms with Crippen molar-refractivity contribution in [1.29, 1.82) is 0 Å². The maximum absolute atomic E-state index is 13.1. The molecule has 0 spiro atoms. The van der Waals surface area contributed by atoms with E-state index in [4.69, 9.17) is 0 Å². The van der Waals surface area contributed by atoms with E-state index in [0.29, 0.717) is 6.54 Å². The molecule has 6 nitrogen and oxygen atoms in total. The number of amides is 2. The zero-order chi connectivity index (χ0) is 17.3. The topological polar surface area (TPSA) is 86.7 Å². The van der Waals surface area contributed by atoms with Crippen LogP contribution in [0.15, 0.2) is 24.3 Å². The van der Waals surface area contributed by atoms with Crippen LogP contribution in [0.5, 0.6) is 0 Å². The van der Waals surface area contributed by atoms with E-state index in [-0.39, 0.29) is 23.9 Å². The van der Waals surface area contributed by atoms with E-state index in [1.54, 1.807) is 0 Å². The Morgan fingerprint density at radius 1 is 1.29 bits per heavy atom. The quantitative estimate of drug-likeness (QED) is 0.868. The van der Waals surface area contributed by atoms with Crippen LogP contribution >= 0.6 is 0 Å². The van der Waals surface area contributed by atoms with Crippen LogP contribution in [0.25, 0.3) is 0 Å². The number of carboxylic acids is 1. The number of hydrogen-bond donors (Lipinski definition) is 2. The first-order chi connectivity index (χ1) is 11.5. The number of carbonyl (C=O) groups excluding carboxylic acids is 2. The summed E-state index contributed by atoms with van der Waals surface area (Å²) in [5, 5.41) is 11.9. The van der Waals surface area contributed by atoms with E-state index < -0.39 is 29.6 Å². The van der Waals surface area contributed by atoms with Gasteiger partial charge in [0, 0.05) is 12.1 Å². The van der Waals surface area contributed by atoms with Crippen LogP contribution in [0.1, 0.15) is 29.6 Å². The fourth-order valence-electron chi connectivity index (χ4n) is 3.87. The number of carbonyl (C=O) groups is 3. The lowest BCUT2D eigenvalue weighted by molar-refractivity contribution is -0.149. The van der Waals surface area contributed by atoms with Crippen molar-refractivity contribution in [2.75, 3.05) is 13.1 Å². The van der Waals surface area contributed by atoms with Gasteiger partial charge in [0.05, 0.1) is 6.54 Å². The summed E-state index contributed by atoms with van der Waals surface area (Å²) in [5.74, 6) is -2.27. The Bertz CT molecular complexity index is 678. The fraction of sp³-hybridized carbons (Fsp3) is 0.471. The molecule has 1 saturated heterocycles. The predicted octanol–water partition coefficient (Wildman–Crippen LogP) is 1.27. The molecule has 0 aromatic heterocycles. The summed E-state index contributed by atoms with van der Waals surface area (Å²) >= 11 is 0. The summed E-state index contributed by atoms with van der Waals surface area (Å²) in [5.41, 5.74) is 0.121. The average molecular weight is 334 g/mol. The third kappa shape index (κ3) is 3.11. The van der Waals surface area contributed by atoms with Crippen LogP contribution in [0.4, 0.5) is 4.39 Å². The molecule has 3 atom stereocenters. The second-order valence-electron chi connectivity index (χ2n) is 6.38. The Balaban J connectivity index is 1.62. The molecule has 1 aromatic rings. The highest BCUT2D eigenvalue weighted by Crippen LogP contribution is 2.42. The Morgan fingerprint density at radius 3 is 2.79 bits per heavy atom. The first-order valence-electron chi connectivity index (χ1n) is 8.03. The molecule has 7 heteroatoms. The van der Waals surface area contributed by atoms with Gasteiger partial charge in [-0.1, -0.05) is 12.5 Å². The summed E-state index contributed by atoms with van der Waals surface area (Å²) in [7, 11) is 0. The number of halogens is 1. The highest BCUT2D eigenvalue weighted by atomic mass is 19.1. The molecule has 1 aromatic carbocycles. The van der Waals surface area contributed by atoms with Crippen LogP contribution in [0, 0.1) is 17.7 Å². The predicted molar refractivity (Wildman–Crippen MR) is 82.7 cm³/mol. The number of benzene rings is 1. The second-order valence-corrected chi connectivity index (χ2v) is 6.38. The van der Waals surface area contributed by atoms with E-state index in [1.807, 2.05) is 0 Å². The third-order valence-corrected chi connectivity index (χ3v) is 4.95. The summed E-state index contributed by atoms with van der Waals surface area (Å²) < 4.78 is 13.1. The number of nitrogens with one attached hydrogen (secondary N) is 1. The van der Waals surface area contributed by atoms with E-state index >= 15 is 0 Å². The van der Waals surface area contributed by atoms with E-state index in [0.717, 1.165) is 25.3 Å². The lowest BCUT2D eigenvalue weighted by Crippen LogP contribution is -2.47. The first-order valence-corrected chi connectivity index (χ1v) is 8.03. The fourth-order valence-corrected chi connectivity index (χ4v) is 3.87. The van der Waals surface area contributed by atoms with Gasteiger partial charge in [0.15, 0.2) is 0 Å². The number of rotatable bonds is 4. The molecule has 0 radical (unpaired) electrons. The third-order valence-electron chi connectivity index (χ3n) is 4.95. The Kier molecular flexibility index (Phi) is 4.51. The van der Waals surface area contributed by atoms with Gasteiger partial charge in [-0.25, -0.2) is 9.18 Å². The molecule has 128 valence electrons. The number of hydrogen-bond acceptors (Lipinski definition) is 3. The lowest BCUT2D eigenvalue weighted by atomic mass is 9.94.